The van der Waals surface area contributed by atoms with Crippen LogP contribution in [0.2, 0.25) is 0 Å². The zero-order valence-electron chi connectivity index (χ0n) is 21.1. The monoisotopic (exact) mass is 513 g/mol. The van der Waals surface area contributed by atoms with E-state index in [1.54, 1.807) is 22.7 Å². The summed E-state index contributed by atoms with van der Waals surface area (Å²) in [6, 6.07) is 13.4. The Balaban J connectivity index is 1.78. The Hall–Kier alpha value is -2.75. The predicted octanol–water partition coefficient (Wildman–Crippen LogP) is 5.43. The zero-order valence-corrected chi connectivity index (χ0v) is 22.7. The van der Waals surface area contributed by atoms with Crippen molar-refractivity contribution in [3.63, 3.8) is 0 Å². The molecule has 2 aromatic carbocycles. The van der Waals surface area contributed by atoms with Crippen LogP contribution < -0.4 is 10.7 Å². The van der Waals surface area contributed by atoms with Gasteiger partial charge in [-0.15, -0.1) is 0 Å². The van der Waals surface area contributed by atoms with E-state index < -0.39 is 10.0 Å². The van der Waals surface area contributed by atoms with Crippen molar-refractivity contribution in [3.8, 4) is 0 Å². The van der Waals surface area contributed by atoms with Crippen LogP contribution in [0.1, 0.15) is 57.6 Å². The molecule has 7 nitrogen and oxygen atoms in total. The third-order valence-corrected chi connectivity index (χ3v) is 7.87. The Morgan fingerprint density at radius 3 is 2.37 bits per heavy atom. The lowest BCUT2D eigenvalue weighted by molar-refractivity contribution is 0.410. The van der Waals surface area contributed by atoms with Gasteiger partial charge in [0.2, 0.25) is 10.0 Å². The first kappa shape index (κ1) is 26.8. The highest BCUT2D eigenvalue weighted by Gasteiger charge is 2.24. The van der Waals surface area contributed by atoms with Crippen LogP contribution in [0, 0.1) is 0 Å². The molecule has 3 aromatic rings. The highest BCUT2D eigenvalue weighted by molar-refractivity contribution is 7.89. The number of benzene rings is 2. The van der Waals surface area contributed by atoms with Crippen molar-refractivity contribution in [3.05, 3.63) is 59.8 Å². The molecule has 1 heterocycles. The molecule has 0 bridgehead atoms. The van der Waals surface area contributed by atoms with E-state index in [0.29, 0.717) is 29.0 Å². The van der Waals surface area contributed by atoms with Crippen LogP contribution >= 0.6 is 12.2 Å². The maximum Gasteiger partial charge on any atom is 0.243 e. The highest BCUT2D eigenvalue weighted by atomic mass is 32.2. The molecular weight excluding hydrogens is 478 g/mol. The van der Waals surface area contributed by atoms with Gasteiger partial charge in [0, 0.05) is 48.5 Å². The van der Waals surface area contributed by atoms with Gasteiger partial charge in [0.15, 0.2) is 5.11 Å². The van der Waals surface area contributed by atoms with E-state index >= 15 is 0 Å². The Labute approximate surface area is 214 Å². The largest absolute Gasteiger partial charge is 0.350 e. The standard InChI is InChI=1S/C26H35N5O2S2/c1-6-14-31(15-7-2)35(32,33)23-12-13-25-24(16-23)21(18-30(25)5)17-27-29-26(34)28-22-10-8-20(9-11-22)19(3)4/h8-13,16-19H,6-7,14-15H2,1-5H3,(H2,28,29,34). The summed E-state index contributed by atoms with van der Waals surface area (Å²) in [5, 5.41) is 8.59. The number of aryl methyl sites for hydroxylation is 1. The maximum absolute atomic E-state index is 13.3. The molecule has 35 heavy (non-hydrogen) atoms. The third kappa shape index (κ3) is 6.48. The second-order valence-corrected chi connectivity index (χ2v) is 11.2. The first-order valence-corrected chi connectivity index (χ1v) is 13.8. The molecule has 0 atom stereocenters. The van der Waals surface area contributed by atoms with E-state index in [4.69, 9.17) is 12.2 Å². The van der Waals surface area contributed by atoms with Gasteiger partial charge in [0.25, 0.3) is 0 Å². The van der Waals surface area contributed by atoms with Crippen LogP contribution in [-0.2, 0) is 17.1 Å². The predicted molar refractivity (Wildman–Crippen MR) is 150 cm³/mol. The fourth-order valence-electron chi connectivity index (χ4n) is 3.94. The number of hydrogen-bond donors (Lipinski definition) is 2. The fourth-order valence-corrected chi connectivity index (χ4v) is 5.76. The van der Waals surface area contributed by atoms with Crippen molar-refractivity contribution in [2.75, 3.05) is 18.4 Å². The summed E-state index contributed by atoms with van der Waals surface area (Å²) in [6.45, 7) is 9.29. The minimum Gasteiger partial charge on any atom is -0.350 e. The summed E-state index contributed by atoms with van der Waals surface area (Å²) in [6.07, 6.45) is 5.12. The van der Waals surface area contributed by atoms with E-state index in [-0.39, 0.29) is 0 Å². The number of thiocarbonyl (C=S) groups is 1. The fraction of sp³-hybridized carbons (Fsp3) is 0.385. The van der Waals surface area contributed by atoms with Gasteiger partial charge in [-0.05, 0) is 66.9 Å². The van der Waals surface area contributed by atoms with Crippen LogP contribution in [0.4, 0.5) is 5.69 Å². The smallest absolute Gasteiger partial charge is 0.243 e. The van der Waals surface area contributed by atoms with Crippen molar-refractivity contribution in [2.24, 2.45) is 12.1 Å². The summed E-state index contributed by atoms with van der Waals surface area (Å²) in [4.78, 5) is 0.294. The van der Waals surface area contributed by atoms with E-state index in [1.165, 1.54) is 5.56 Å². The molecule has 0 aliphatic rings. The Kier molecular flexibility index (Phi) is 9.04. The quantitative estimate of drug-likeness (QED) is 0.215. The molecule has 0 saturated carbocycles. The van der Waals surface area contributed by atoms with Crippen LogP contribution in [0.15, 0.2) is 58.7 Å². The molecule has 0 aliphatic heterocycles. The molecule has 0 radical (unpaired) electrons. The van der Waals surface area contributed by atoms with Gasteiger partial charge in [0.05, 0.1) is 11.1 Å². The Morgan fingerprint density at radius 2 is 1.77 bits per heavy atom. The van der Waals surface area contributed by atoms with E-state index in [0.717, 1.165) is 35.0 Å². The van der Waals surface area contributed by atoms with Crippen molar-refractivity contribution < 1.29 is 8.42 Å². The number of aromatic nitrogens is 1. The molecule has 188 valence electrons. The first-order chi connectivity index (χ1) is 16.7. The second kappa shape index (κ2) is 11.8. The van der Waals surface area contributed by atoms with Gasteiger partial charge in [-0.1, -0.05) is 39.8 Å². The number of hydrazone groups is 1. The lowest BCUT2D eigenvalue weighted by atomic mass is 10.0. The number of hydrogen-bond acceptors (Lipinski definition) is 4. The molecule has 0 spiro atoms. The van der Waals surface area contributed by atoms with Gasteiger partial charge in [0.1, 0.15) is 0 Å². The molecule has 3 rings (SSSR count). The van der Waals surface area contributed by atoms with Crippen LogP contribution in [0.25, 0.3) is 10.9 Å². The average Bonchev–Trinajstić information content (AvgIpc) is 3.14. The van der Waals surface area contributed by atoms with E-state index in [9.17, 15) is 8.42 Å². The van der Waals surface area contributed by atoms with Crippen LogP contribution in [0.5, 0.6) is 0 Å². The third-order valence-electron chi connectivity index (χ3n) is 5.78. The van der Waals surface area contributed by atoms with Gasteiger partial charge in [-0.2, -0.15) is 9.41 Å². The Morgan fingerprint density at radius 1 is 1.11 bits per heavy atom. The number of fused-ring (bicyclic) bond motifs is 1. The summed E-state index contributed by atoms with van der Waals surface area (Å²) in [5.74, 6) is 0.469. The van der Waals surface area contributed by atoms with E-state index in [2.05, 4.69) is 41.8 Å². The molecule has 0 aliphatic carbocycles. The molecular formula is C26H35N5O2S2. The summed E-state index contributed by atoms with van der Waals surface area (Å²) in [5.41, 5.74) is 6.71. The molecule has 0 unspecified atom stereocenters. The highest BCUT2D eigenvalue weighted by Crippen LogP contribution is 2.25. The average molecular weight is 514 g/mol. The van der Waals surface area contributed by atoms with Crippen LogP contribution in [-0.4, -0.2) is 41.7 Å². The zero-order chi connectivity index (χ0) is 25.6. The van der Waals surface area contributed by atoms with Gasteiger partial charge < -0.3 is 9.88 Å². The lowest BCUT2D eigenvalue weighted by Crippen LogP contribution is -2.32. The first-order valence-electron chi connectivity index (χ1n) is 12.0. The van der Waals surface area contributed by atoms with Crippen LogP contribution in [0.3, 0.4) is 0 Å². The van der Waals surface area contributed by atoms with Crippen molar-refractivity contribution >= 4 is 50.2 Å². The number of nitrogens with zero attached hydrogens (tertiary/aromatic N) is 3. The molecule has 0 saturated heterocycles. The number of sulfonamides is 1. The Bertz CT molecular complexity index is 1290. The molecule has 0 fully saturated rings. The molecule has 0 amide bonds. The van der Waals surface area contributed by atoms with Gasteiger partial charge in [-0.25, -0.2) is 8.42 Å². The number of rotatable bonds is 10. The minimum absolute atomic E-state index is 0.294. The van der Waals surface area contributed by atoms with E-state index in [1.807, 2.05) is 49.9 Å². The van der Waals surface area contributed by atoms with Crippen molar-refractivity contribution in [2.45, 2.75) is 51.3 Å². The van der Waals surface area contributed by atoms with Gasteiger partial charge in [-0.3, -0.25) is 5.43 Å². The summed E-state index contributed by atoms with van der Waals surface area (Å²) < 4.78 is 30.0. The number of nitrogens with one attached hydrogen (secondary N) is 2. The summed E-state index contributed by atoms with van der Waals surface area (Å²) >= 11 is 5.36. The molecule has 2 N–H and O–H groups in total. The number of anilines is 1. The van der Waals surface area contributed by atoms with Crippen molar-refractivity contribution in [1.82, 2.24) is 14.3 Å². The second-order valence-electron chi connectivity index (χ2n) is 8.88. The molecule has 1 aromatic heterocycles. The maximum atomic E-state index is 13.3. The SMILES string of the molecule is CCCN(CCC)S(=O)(=O)c1ccc2c(c1)c(C=NNC(=S)Nc1ccc(C(C)C)cc1)cn2C. The van der Waals surface area contributed by atoms with Crippen molar-refractivity contribution in [1.29, 1.82) is 0 Å². The minimum atomic E-state index is -3.57. The normalized spacial score (nSPS) is 12.2. The molecule has 9 heteroatoms. The van der Waals surface area contributed by atoms with Gasteiger partial charge >= 0.3 is 0 Å². The summed E-state index contributed by atoms with van der Waals surface area (Å²) in [7, 11) is -1.64. The topological polar surface area (TPSA) is 78.7 Å². The lowest BCUT2D eigenvalue weighted by Gasteiger charge is -2.21.